The Morgan fingerprint density at radius 3 is 1.87 bits per heavy atom. The molecule has 2 aromatic carbocycles. The maximum Gasteiger partial charge on any atom is 0.307 e. The molecule has 2 rings (SSSR count). The monoisotopic (exact) mass is 425 g/mol. The molecule has 31 heavy (non-hydrogen) atoms. The van der Waals surface area contributed by atoms with Gasteiger partial charge in [-0.3, -0.25) is 9.59 Å². The first kappa shape index (κ1) is 24.4. The Balaban J connectivity index is 2.48. The van der Waals surface area contributed by atoms with Crippen molar-refractivity contribution in [3.05, 3.63) is 60.2 Å². The van der Waals surface area contributed by atoms with E-state index < -0.39 is 23.2 Å². The van der Waals surface area contributed by atoms with E-state index in [9.17, 15) is 19.8 Å². The van der Waals surface area contributed by atoms with Gasteiger partial charge in [0.2, 0.25) is 5.91 Å². The molecule has 168 valence electrons. The quantitative estimate of drug-likeness (QED) is 0.481. The number of rotatable bonds is 7. The van der Waals surface area contributed by atoms with Gasteiger partial charge in [-0.2, -0.15) is 0 Å². The van der Waals surface area contributed by atoms with Crippen LogP contribution in [-0.4, -0.2) is 22.1 Å². The Labute approximate surface area is 185 Å². The number of carboxylic acids is 1. The smallest absolute Gasteiger partial charge is 0.307 e. The van der Waals surface area contributed by atoms with Crippen molar-refractivity contribution in [2.75, 3.05) is 5.32 Å². The normalized spacial score (nSPS) is 15.0. The van der Waals surface area contributed by atoms with E-state index in [0.29, 0.717) is 12.1 Å². The lowest BCUT2D eigenvalue weighted by molar-refractivity contribution is -0.151. The summed E-state index contributed by atoms with van der Waals surface area (Å²) < 4.78 is 0. The molecule has 0 aliphatic rings. The Morgan fingerprint density at radius 1 is 0.871 bits per heavy atom. The van der Waals surface area contributed by atoms with Crippen LogP contribution in [0.25, 0.3) is 0 Å². The van der Waals surface area contributed by atoms with Gasteiger partial charge in [0.25, 0.3) is 0 Å². The number of carbonyl (C=O) groups excluding carboxylic acids is 1. The second-order valence-electron chi connectivity index (χ2n) is 10.4. The summed E-state index contributed by atoms with van der Waals surface area (Å²) in [5, 5.41) is 22.5. The molecule has 0 fully saturated rings. The summed E-state index contributed by atoms with van der Waals surface area (Å²) in [5.74, 6) is -2.80. The maximum absolute atomic E-state index is 13.4. The number of anilines is 1. The number of carbonyl (C=O) groups is 2. The third-order valence-electron chi connectivity index (χ3n) is 5.81. The summed E-state index contributed by atoms with van der Waals surface area (Å²) in [7, 11) is 0. The minimum absolute atomic E-state index is 0.00605. The molecule has 3 atom stereocenters. The van der Waals surface area contributed by atoms with Crippen LogP contribution in [0, 0.1) is 22.7 Å². The minimum Gasteiger partial charge on any atom is -0.508 e. The topological polar surface area (TPSA) is 86.6 Å². The molecule has 0 bridgehead atoms. The van der Waals surface area contributed by atoms with E-state index in [2.05, 4.69) is 26.1 Å². The number of amides is 1. The van der Waals surface area contributed by atoms with Crippen LogP contribution in [0.5, 0.6) is 5.75 Å². The summed E-state index contributed by atoms with van der Waals surface area (Å²) >= 11 is 0. The first-order valence-corrected chi connectivity index (χ1v) is 10.7. The Kier molecular flexibility index (Phi) is 7.53. The van der Waals surface area contributed by atoms with Crippen LogP contribution in [0.3, 0.4) is 0 Å². The van der Waals surface area contributed by atoms with Gasteiger partial charge in [-0.1, -0.05) is 71.9 Å². The van der Waals surface area contributed by atoms with E-state index >= 15 is 0 Å². The minimum atomic E-state index is -0.973. The van der Waals surface area contributed by atoms with Crippen LogP contribution in [0.1, 0.15) is 59.4 Å². The molecule has 0 saturated carbocycles. The molecule has 0 saturated heterocycles. The van der Waals surface area contributed by atoms with Gasteiger partial charge in [-0.15, -0.1) is 0 Å². The summed E-state index contributed by atoms with van der Waals surface area (Å²) in [6, 6.07) is 16.2. The number of phenolic OH excluding ortho intramolecular Hbond substituents is 1. The summed E-state index contributed by atoms with van der Waals surface area (Å²) in [6.07, 6.45) is 0.408. The third kappa shape index (κ3) is 6.58. The van der Waals surface area contributed by atoms with Crippen LogP contribution < -0.4 is 5.32 Å². The molecule has 0 aliphatic heterocycles. The Morgan fingerprint density at radius 2 is 1.42 bits per heavy atom. The number of benzene rings is 2. The van der Waals surface area contributed by atoms with Crippen molar-refractivity contribution in [1.82, 2.24) is 0 Å². The average molecular weight is 426 g/mol. The highest BCUT2D eigenvalue weighted by atomic mass is 16.4. The van der Waals surface area contributed by atoms with Crippen molar-refractivity contribution < 1.29 is 19.8 Å². The van der Waals surface area contributed by atoms with Crippen LogP contribution in [-0.2, 0) is 9.59 Å². The van der Waals surface area contributed by atoms with Gasteiger partial charge >= 0.3 is 5.97 Å². The summed E-state index contributed by atoms with van der Waals surface area (Å²) in [4.78, 5) is 25.8. The first-order valence-electron chi connectivity index (χ1n) is 10.7. The number of nitrogens with one attached hydrogen (secondary N) is 1. The standard InChI is InChI=1S/C26H35NO4/c1-25(2,3)21(17-10-8-7-9-11-17)16-20(22(24(30)31)26(4,5)6)23(29)27-18-12-14-19(28)15-13-18/h7-15,20-22,28H,16H2,1-6H3,(H,27,29)(H,30,31). The molecule has 3 N–H and O–H groups in total. The number of phenols is 1. The van der Waals surface area contributed by atoms with Gasteiger partial charge in [0.05, 0.1) is 11.8 Å². The largest absolute Gasteiger partial charge is 0.508 e. The SMILES string of the molecule is CC(C)(C)C(CC(C(=O)Nc1ccc(O)cc1)C(C(=O)O)C(C)(C)C)c1ccccc1. The summed E-state index contributed by atoms with van der Waals surface area (Å²) in [5.41, 5.74) is 0.842. The lowest BCUT2D eigenvalue weighted by atomic mass is 9.65. The zero-order valence-electron chi connectivity index (χ0n) is 19.3. The zero-order valence-corrected chi connectivity index (χ0v) is 19.3. The van der Waals surface area contributed by atoms with Gasteiger partial charge in [-0.25, -0.2) is 0 Å². The Bertz CT molecular complexity index is 876. The van der Waals surface area contributed by atoms with Gasteiger partial charge in [0.1, 0.15) is 5.75 Å². The molecule has 5 nitrogen and oxygen atoms in total. The molecule has 3 unspecified atom stereocenters. The van der Waals surface area contributed by atoms with E-state index in [-0.39, 0.29) is 23.0 Å². The van der Waals surface area contributed by atoms with Crippen molar-refractivity contribution in [1.29, 1.82) is 0 Å². The number of carboxylic acid groups (broad SMARTS) is 1. The van der Waals surface area contributed by atoms with E-state index in [1.165, 1.54) is 12.1 Å². The van der Waals surface area contributed by atoms with Crippen molar-refractivity contribution in [3.8, 4) is 5.75 Å². The highest BCUT2D eigenvalue weighted by molar-refractivity contribution is 5.95. The lowest BCUT2D eigenvalue weighted by Crippen LogP contribution is -2.42. The lowest BCUT2D eigenvalue weighted by Gasteiger charge is -2.39. The fourth-order valence-corrected chi connectivity index (χ4v) is 4.25. The van der Waals surface area contributed by atoms with Crippen LogP contribution in [0.15, 0.2) is 54.6 Å². The van der Waals surface area contributed by atoms with E-state index in [0.717, 1.165) is 5.56 Å². The van der Waals surface area contributed by atoms with Gasteiger partial charge in [0.15, 0.2) is 0 Å². The third-order valence-corrected chi connectivity index (χ3v) is 5.81. The highest BCUT2D eigenvalue weighted by Gasteiger charge is 2.44. The van der Waals surface area contributed by atoms with Crippen molar-refractivity contribution in [2.45, 2.75) is 53.9 Å². The molecule has 0 spiro atoms. The fourth-order valence-electron chi connectivity index (χ4n) is 4.25. The second kappa shape index (κ2) is 9.54. The van der Waals surface area contributed by atoms with E-state index in [1.807, 2.05) is 51.1 Å². The fraction of sp³-hybridized carbons (Fsp3) is 0.462. The average Bonchev–Trinajstić information content (AvgIpc) is 2.65. The molecule has 0 aliphatic carbocycles. The van der Waals surface area contributed by atoms with Crippen molar-refractivity contribution in [3.63, 3.8) is 0 Å². The molecule has 5 heteroatoms. The number of aromatic hydroxyl groups is 1. The first-order chi connectivity index (χ1) is 14.3. The molecule has 0 heterocycles. The predicted octanol–water partition coefficient (Wildman–Crippen LogP) is 5.91. The molecule has 2 aromatic rings. The zero-order chi connectivity index (χ0) is 23.4. The van der Waals surface area contributed by atoms with E-state index in [4.69, 9.17) is 0 Å². The van der Waals surface area contributed by atoms with E-state index in [1.54, 1.807) is 12.1 Å². The second-order valence-corrected chi connectivity index (χ2v) is 10.4. The van der Waals surface area contributed by atoms with Crippen molar-refractivity contribution in [2.24, 2.45) is 22.7 Å². The van der Waals surface area contributed by atoms with Gasteiger partial charge in [0, 0.05) is 5.69 Å². The van der Waals surface area contributed by atoms with Crippen LogP contribution in [0.2, 0.25) is 0 Å². The molecular formula is C26H35NO4. The molecule has 0 radical (unpaired) electrons. The van der Waals surface area contributed by atoms with Gasteiger partial charge < -0.3 is 15.5 Å². The molecule has 1 amide bonds. The van der Waals surface area contributed by atoms with Crippen molar-refractivity contribution >= 4 is 17.6 Å². The molecular weight excluding hydrogens is 390 g/mol. The number of hydrogen-bond donors (Lipinski definition) is 3. The Hall–Kier alpha value is -2.82. The number of aliphatic carboxylic acids is 1. The van der Waals surface area contributed by atoms with Gasteiger partial charge in [-0.05, 0) is 53.0 Å². The predicted molar refractivity (Wildman–Crippen MR) is 124 cm³/mol. The van der Waals surface area contributed by atoms with Crippen LogP contribution in [0.4, 0.5) is 5.69 Å². The van der Waals surface area contributed by atoms with Crippen LogP contribution >= 0.6 is 0 Å². The summed E-state index contributed by atoms with van der Waals surface area (Å²) in [6.45, 7) is 11.9. The molecule has 0 aromatic heterocycles. The number of hydrogen-bond acceptors (Lipinski definition) is 3. The highest BCUT2D eigenvalue weighted by Crippen LogP contribution is 2.44. The maximum atomic E-state index is 13.4.